The van der Waals surface area contributed by atoms with Gasteiger partial charge in [-0.25, -0.2) is 4.79 Å². The zero-order valence-corrected chi connectivity index (χ0v) is 19.2. The molecule has 2 N–H and O–H groups in total. The summed E-state index contributed by atoms with van der Waals surface area (Å²) in [6, 6.07) is 12.7. The molecular formula is C24H29ClN4O2. The van der Waals surface area contributed by atoms with Crippen LogP contribution in [0.5, 0.6) is 0 Å². The number of rotatable bonds is 7. The van der Waals surface area contributed by atoms with E-state index in [0.717, 1.165) is 35.0 Å². The van der Waals surface area contributed by atoms with Crippen molar-refractivity contribution in [3.63, 3.8) is 0 Å². The van der Waals surface area contributed by atoms with E-state index in [0.29, 0.717) is 22.8 Å². The summed E-state index contributed by atoms with van der Waals surface area (Å²) >= 11 is 6.04. The van der Waals surface area contributed by atoms with Crippen LogP contribution in [-0.2, 0) is 6.54 Å². The molecule has 0 fully saturated rings. The molecule has 0 saturated heterocycles. The SMILES string of the molecule is Cc1cc(C)c2cc(CN(CCCN(C)C)C(=O)Nc3cccc(Cl)c3)c(=O)[nH]c2c1. The van der Waals surface area contributed by atoms with Gasteiger partial charge in [-0.1, -0.05) is 23.7 Å². The average Bonchev–Trinajstić information content (AvgIpc) is 2.67. The topological polar surface area (TPSA) is 68.4 Å². The molecule has 1 heterocycles. The predicted molar refractivity (Wildman–Crippen MR) is 128 cm³/mol. The van der Waals surface area contributed by atoms with E-state index in [9.17, 15) is 9.59 Å². The molecule has 3 rings (SSSR count). The number of aromatic nitrogens is 1. The van der Waals surface area contributed by atoms with E-state index in [1.54, 1.807) is 29.2 Å². The number of aromatic amines is 1. The fourth-order valence-corrected chi connectivity index (χ4v) is 3.83. The Balaban J connectivity index is 1.87. The molecule has 0 unspecified atom stereocenters. The van der Waals surface area contributed by atoms with Gasteiger partial charge in [0.2, 0.25) is 0 Å². The maximum Gasteiger partial charge on any atom is 0.322 e. The van der Waals surface area contributed by atoms with E-state index in [2.05, 4.69) is 21.3 Å². The number of anilines is 1. The first-order valence-electron chi connectivity index (χ1n) is 10.3. The molecule has 7 heteroatoms. The van der Waals surface area contributed by atoms with Crippen molar-refractivity contribution < 1.29 is 4.79 Å². The number of H-pyrrole nitrogens is 1. The van der Waals surface area contributed by atoms with E-state index in [4.69, 9.17) is 11.6 Å². The van der Waals surface area contributed by atoms with Crippen LogP contribution in [0.2, 0.25) is 5.02 Å². The molecule has 0 aliphatic heterocycles. The molecule has 0 aliphatic carbocycles. The van der Waals surface area contributed by atoms with Gasteiger partial charge in [0.15, 0.2) is 0 Å². The minimum absolute atomic E-state index is 0.175. The Morgan fingerprint density at radius 2 is 1.87 bits per heavy atom. The summed E-state index contributed by atoms with van der Waals surface area (Å²) in [5.41, 5.74) is 4.01. The molecular weight excluding hydrogens is 412 g/mol. The van der Waals surface area contributed by atoms with Crippen molar-refractivity contribution in [1.29, 1.82) is 0 Å². The average molecular weight is 441 g/mol. The van der Waals surface area contributed by atoms with Gasteiger partial charge in [0.1, 0.15) is 0 Å². The third-order valence-electron chi connectivity index (χ3n) is 5.15. The second-order valence-corrected chi connectivity index (χ2v) is 8.62. The Kier molecular flexibility index (Phi) is 7.36. The van der Waals surface area contributed by atoms with Crippen LogP contribution >= 0.6 is 11.6 Å². The monoisotopic (exact) mass is 440 g/mol. The van der Waals surface area contributed by atoms with E-state index in [-0.39, 0.29) is 18.1 Å². The first kappa shape index (κ1) is 22.8. The van der Waals surface area contributed by atoms with Gasteiger partial charge in [-0.05, 0) is 82.4 Å². The Bertz CT molecular complexity index is 1140. The smallest absolute Gasteiger partial charge is 0.322 e. The van der Waals surface area contributed by atoms with Gasteiger partial charge in [-0.3, -0.25) is 4.79 Å². The van der Waals surface area contributed by atoms with Gasteiger partial charge >= 0.3 is 6.03 Å². The van der Waals surface area contributed by atoms with Gasteiger partial charge in [0.05, 0.1) is 6.54 Å². The Labute approximate surface area is 187 Å². The number of nitrogens with zero attached hydrogens (tertiary/aromatic N) is 2. The maximum atomic E-state index is 13.0. The number of urea groups is 1. The summed E-state index contributed by atoms with van der Waals surface area (Å²) in [5.74, 6) is 0. The highest BCUT2D eigenvalue weighted by Gasteiger charge is 2.17. The van der Waals surface area contributed by atoms with Crippen molar-refractivity contribution in [3.05, 3.63) is 74.5 Å². The number of aryl methyl sites for hydroxylation is 2. The number of amides is 2. The molecule has 0 aliphatic rings. The Hall–Kier alpha value is -2.83. The summed E-state index contributed by atoms with van der Waals surface area (Å²) in [5, 5.41) is 4.43. The number of carbonyl (C=O) groups excluding carboxylic acids is 1. The lowest BCUT2D eigenvalue weighted by Crippen LogP contribution is -2.37. The molecule has 2 aromatic carbocycles. The van der Waals surface area contributed by atoms with Crippen molar-refractivity contribution in [2.24, 2.45) is 0 Å². The maximum absolute atomic E-state index is 13.0. The number of nitrogens with one attached hydrogen (secondary N) is 2. The first-order chi connectivity index (χ1) is 14.7. The normalized spacial score (nSPS) is 11.2. The number of halogens is 1. The van der Waals surface area contributed by atoms with Gasteiger partial charge < -0.3 is 20.1 Å². The zero-order chi connectivity index (χ0) is 22.5. The van der Waals surface area contributed by atoms with Gasteiger partial charge in [-0.15, -0.1) is 0 Å². The van der Waals surface area contributed by atoms with Gasteiger partial charge in [0, 0.05) is 33.7 Å². The third-order valence-corrected chi connectivity index (χ3v) is 5.38. The van der Waals surface area contributed by atoms with Crippen LogP contribution in [0, 0.1) is 13.8 Å². The number of pyridine rings is 1. The minimum atomic E-state index is -0.263. The highest BCUT2D eigenvalue weighted by molar-refractivity contribution is 6.30. The lowest BCUT2D eigenvalue weighted by atomic mass is 10.0. The van der Waals surface area contributed by atoms with E-state index in [1.165, 1.54) is 0 Å². The van der Waals surface area contributed by atoms with E-state index >= 15 is 0 Å². The molecule has 1 aromatic heterocycles. The van der Waals surface area contributed by atoms with E-state index < -0.39 is 0 Å². The quantitative estimate of drug-likeness (QED) is 0.555. The Morgan fingerprint density at radius 3 is 2.58 bits per heavy atom. The minimum Gasteiger partial charge on any atom is -0.322 e. The zero-order valence-electron chi connectivity index (χ0n) is 18.5. The van der Waals surface area contributed by atoms with Crippen LogP contribution in [0.1, 0.15) is 23.1 Å². The molecule has 0 atom stereocenters. The second kappa shape index (κ2) is 9.98. The molecule has 0 saturated carbocycles. The summed E-state index contributed by atoms with van der Waals surface area (Å²) in [6.45, 7) is 5.62. The molecule has 164 valence electrons. The fraction of sp³-hybridized carbons (Fsp3) is 0.333. The number of fused-ring (bicyclic) bond motifs is 1. The number of benzene rings is 2. The largest absolute Gasteiger partial charge is 0.322 e. The Morgan fingerprint density at radius 1 is 1.10 bits per heavy atom. The highest BCUT2D eigenvalue weighted by Crippen LogP contribution is 2.20. The number of hydrogen-bond acceptors (Lipinski definition) is 3. The van der Waals surface area contributed by atoms with Crippen LogP contribution in [0.3, 0.4) is 0 Å². The summed E-state index contributed by atoms with van der Waals surface area (Å²) < 4.78 is 0. The number of hydrogen-bond donors (Lipinski definition) is 2. The van der Waals surface area contributed by atoms with Crippen molar-refractivity contribution in [1.82, 2.24) is 14.8 Å². The predicted octanol–water partition coefficient (Wildman–Crippen LogP) is 4.78. The van der Waals surface area contributed by atoms with Gasteiger partial charge in [-0.2, -0.15) is 0 Å². The van der Waals surface area contributed by atoms with Crippen molar-refractivity contribution in [2.75, 3.05) is 32.5 Å². The van der Waals surface area contributed by atoms with Crippen molar-refractivity contribution >= 4 is 34.2 Å². The second-order valence-electron chi connectivity index (χ2n) is 8.19. The summed E-state index contributed by atoms with van der Waals surface area (Å²) in [4.78, 5) is 32.5. The molecule has 0 bridgehead atoms. The molecule has 3 aromatic rings. The summed E-state index contributed by atoms with van der Waals surface area (Å²) in [7, 11) is 3.99. The standard InChI is InChI=1S/C24H29ClN4O2/c1-16-11-17(2)21-13-18(23(30)27-22(21)12-16)15-29(10-6-9-28(3)4)24(31)26-20-8-5-7-19(25)14-20/h5,7-8,11-14H,6,9-10,15H2,1-4H3,(H,26,31)(H,27,30). The van der Waals surface area contributed by atoms with Crippen molar-refractivity contribution in [2.45, 2.75) is 26.8 Å². The van der Waals surface area contributed by atoms with Crippen LogP contribution in [0.4, 0.5) is 10.5 Å². The van der Waals surface area contributed by atoms with Gasteiger partial charge in [0.25, 0.3) is 5.56 Å². The fourth-order valence-electron chi connectivity index (χ4n) is 3.64. The number of carbonyl (C=O) groups is 1. The lowest BCUT2D eigenvalue weighted by Gasteiger charge is -2.24. The molecule has 31 heavy (non-hydrogen) atoms. The highest BCUT2D eigenvalue weighted by atomic mass is 35.5. The summed E-state index contributed by atoms with van der Waals surface area (Å²) in [6.07, 6.45) is 0.791. The third kappa shape index (κ3) is 6.09. The van der Waals surface area contributed by atoms with Crippen LogP contribution in [0.15, 0.2) is 47.3 Å². The molecule has 6 nitrogen and oxygen atoms in total. The molecule has 0 spiro atoms. The van der Waals surface area contributed by atoms with E-state index in [1.807, 2.05) is 40.1 Å². The molecule has 0 radical (unpaired) electrons. The first-order valence-corrected chi connectivity index (χ1v) is 10.7. The molecule has 2 amide bonds. The van der Waals surface area contributed by atoms with Crippen LogP contribution < -0.4 is 10.9 Å². The van der Waals surface area contributed by atoms with Crippen molar-refractivity contribution in [3.8, 4) is 0 Å². The van der Waals surface area contributed by atoms with Crippen LogP contribution in [0.25, 0.3) is 10.9 Å². The van der Waals surface area contributed by atoms with Crippen LogP contribution in [-0.4, -0.2) is 48.0 Å². The lowest BCUT2D eigenvalue weighted by molar-refractivity contribution is 0.205.